The summed E-state index contributed by atoms with van der Waals surface area (Å²) in [6.45, 7) is 3.78. The summed E-state index contributed by atoms with van der Waals surface area (Å²) in [4.78, 5) is 44.9. The zero-order chi connectivity index (χ0) is 30.8. The second kappa shape index (κ2) is 12.0. The molecule has 1 unspecified atom stereocenters. The number of rotatable bonds is 8. The van der Waals surface area contributed by atoms with Crippen LogP contribution in [0, 0.1) is 12.7 Å². The van der Waals surface area contributed by atoms with Crippen LogP contribution in [0.15, 0.2) is 83.9 Å². The normalized spacial score (nSPS) is 11.9. The van der Waals surface area contributed by atoms with Gasteiger partial charge in [0.1, 0.15) is 5.82 Å². The van der Waals surface area contributed by atoms with Crippen LogP contribution in [0.5, 0.6) is 0 Å². The minimum absolute atomic E-state index is 0.0958. The van der Waals surface area contributed by atoms with E-state index in [4.69, 9.17) is 0 Å². The van der Waals surface area contributed by atoms with Gasteiger partial charge in [0.05, 0.1) is 30.0 Å². The number of anilines is 1. The van der Waals surface area contributed by atoms with Crippen molar-refractivity contribution in [1.82, 2.24) is 24.3 Å². The van der Waals surface area contributed by atoms with E-state index in [9.17, 15) is 18.8 Å². The summed E-state index contributed by atoms with van der Waals surface area (Å²) in [6, 6.07) is 18.9. The van der Waals surface area contributed by atoms with Gasteiger partial charge in [-0.25, -0.2) is 9.37 Å². The number of hydrogen-bond donors (Lipinski definition) is 2. The lowest BCUT2D eigenvalue weighted by Gasteiger charge is -2.17. The third kappa shape index (κ3) is 5.96. The number of amides is 2. The summed E-state index contributed by atoms with van der Waals surface area (Å²) >= 11 is 0. The first kappa shape index (κ1) is 29.4. The largest absolute Gasteiger partial charge is 0.345 e. The smallest absolute Gasteiger partial charge is 0.294 e. The number of aromatic nitrogens is 3. The summed E-state index contributed by atoms with van der Waals surface area (Å²) in [5.41, 5.74) is 4.57. The lowest BCUT2D eigenvalue weighted by Crippen LogP contribution is -2.38. The number of nitrogens with zero attached hydrogens (tertiary/aromatic N) is 4. The van der Waals surface area contributed by atoms with Crippen molar-refractivity contribution in [3.63, 3.8) is 0 Å². The Hall–Kier alpha value is -5.09. The summed E-state index contributed by atoms with van der Waals surface area (Å²) in [5, 5.41) is 6.31. The standard InChI is InChI=1S/C33H33FN6O3/c1-20-18-39(28-13-12-25(34)16-27(20)28)26-11-6-8-22(14-26)19-40-29(23-9-7-10-24(15-23)32(42)38(4)5)17-36-30(33(40)43)37-31(41)21(2)35-3/h6-18,21,35H,19H2,1-5H3,(H,36,37,41). The van der Waals surface area contributed by atoms with Crippen LogP contribution in [-0.2, 0) is 11.3 Å². The molecule has 0 bridgehead atoms. The zero-order valence-electron chi connectivity index (χ0n) is 24.7. The average Bonchev–Trinajstić information content (AvgIpc) is 3.33. The molecule has 0 spiro atoms. The quantitative estimate of drug-likeness (QED) is 0.280. The number of likely N-dealkylation sites (N-methyl/N-ethyl adjacent to an activating group) is 1. The summed E-state index contributed by atoms with van der Waals surface area (Å²) in [7, 11) is 5.00. The Morgan fingerprint density at radius 1 is 1.05 bits per heavy atom. The Morgan fingerprint density at radius 3 is 2.56 bits per heavy atom. The van der Waals surface area contributed by atoms with Crippen LogP contribution in [0.4, 0.5) is 10.2 Å². The third-order valence-corrected chi connectivity index (χ3v) is 7.43. The van der Waals surface area contributed by atoms with Crippen molar-refractivity contribution in [2.45, 2.75) is 26.4 Å². The first-order valence-corrected chi connectivity index (χ1v) is 13.8. The van der Waals surface area contributed by atoms with Gasteiger partial charge >= 0.3 is 0 Å². The van der Waals surface area contributed by atoms with Crippen LogP contribution >= 0.6 is 0 Å². The molecule has 0 fully saturated rings. The van der Waals surface area contributed by atoms with Gasteiger partial charge < -0.3 is 20.1 Å². The zero-order valence-corrected chi connectivity index (χ0v) is 24.7. The van der Waals surface area contributed by atoms with Gasteiger partial charge in [0, 0.05) is 42.5 Å². The predicted octanol–water partition coefficient (Wildman–Crippen LogP) is 4.60. The second-order valence-electron chi connectivity index (χ2n) is 10.7. The number of nitrogens with one attached hydrogen (secondary N) is 2. The molecule has 1 atom stereocenters. The van der Waals surface area contributed by atoms with Gasteiger partial charge in [-0.1, -0.05) is 24.3 Å². The Balaban J connectivity index is 1.61. The van der Waals surface area contributed by atoms with E-state index >= 15 is 0 Å². The van der Waals surface area contributed by atoms with Crippen molar-refractivity contribution in [3.8, 4) is 16.9 Å². The van der Waals surface area contributed by atoms with Crippen LogP contribution < -0.4 is 16.2 Å². The Kier molecular flexibility index (Phi) is 8.22. The fourth-order valence-electron chi connectivity index (χ4n) is 4.95. The predicted molar refractivity (Wildman–Crippen MR) is 166 cm³/mol. The van der Waals surface area contributed by atoms with Crippen LogP contribution in [0.3, 0.4) is 0 Å². The molecule has 0 aliphatic heterocycles. The fraction of sp³-hybridized carbons (Fsp3) is 0.212. The SMILES string of the molecule is CNC(C)C(=O)Nc1ncc(-c2cccc(C(=O)N(C)C)c2)n(Cc2cccc(-n3cc(C)c4cc(F)ccc43)c2)c1=O. The number of carbonyl (C=O) groups excluding carboxylic acids is 2. The number of hydrogen-bond acceptors (Lipinski definition) is 5. The maximum absolute atomic E-state index is 13.9. The number of fused-ring (bicyclic) bond motifs is 1. The molecule has 2 heterocycles. The molecule has 10 heteroatoms. The van der Waals surface area contributed by atoms with Crippen LogP contribution in [0.2, 0.25) is 0 Å². The van der Waals surface area contributed by atoms with Gasteiger partial charge in [-0.2, -0.15) is 0 Å². The molecule has 2 amide bonds. The number of aryl methyl sites for hydroxylation is 1. The molecule has 0 saturated heterocycles. The highest BCUT2D eigenvalue weighted by Gasteiger charge is 2.19. The highest BCUT2D eigenvalue weighted by Crippen LogP contribution is 2.27. The van der Waals surface area contributed by atoms with E-state index in [-0.39, 0.29) is 24.1 Å². The minimum atomic E-state index is -0.534. The van der Waals surface area contributed by atoms with Gasteiger partial charge in [-0.05, 0) is 74.5 Å². The molecule has 220 valence electrons. The van der Waals surface area contributed by atoms with Crippen LogP contribution in [-0.4, -0.2) is 58.0 Å². The molecule has 3 aromatic carbocycles. The number of halogens is 1. The molecule has 9 nitrogen and oxygen atoms in total. The van der Waals surface area contributed by atoms with Crippen molar-refractivity contribution < 1.29 is 14.0 Å². The lowest BCUT2D eigenvalue weighted by atomic mass is 10.1. The fourth-order valence-corrected chi connectivity index (χ4v) is 4.95. The van der Waals surface area contributed by atoms with E-state index < -0.39 is 17.5 Å². The van der Waals surface area contributed by atoms with E-state index in [1.54, 1.807) is 56.9 Å². The first-order chi connectivity index (χ1) is 20.6. The van der Waals surface area contributed by atoms with E-state index in [0.717, 1.165) is 27.7 Å². The molecule has 0 aliphatic carbocycles. The van der Waals surface area contributed by atoms with Crippen LogP contribution in [0.25, 0.3) is 27.8 Å². The summed E-state index contributed by atoms with van der Waals surface area (Å²) < 4.78 is 17.5. The van der Waals surface area contributed by atoms with Gasteiger partial charge in [0.2, 0.25) is 5.91 Å². The minimum Gasteiger partial charge on any atom is -0.345 e. The van der Waals surface area contributed by atoms with Crippen molar-refractivity contribution in [3.05, 3.63) is 112 Å². The molecule has 0 radical (unpaired) electrons. The molecule has 0 saturated carbocycles. The van der Waals surface area contributed by atoms with E-state index in [1.807, 2.05) is 48.0 Å². The summed E-state index contributed by atoms with van der Waals surface area (Å²) in [6.07, 6.45) is 3.48. The molecule has 2 aromatic heterocycles. The van der Waals surface area contributed by atoms with Crippen molar-refractivity contribution in [1.29, 1.82) is 0 Å². The van der Waals surface area contributed by atoms with Gasteiger partial charge in [0.15, 0.2) is 5.82 Å². The maximum atomic E-state index is 13.9. The Bertz CT molecular complexity index is 1910. The number of carbonyl (C=O) groups is 2. The number of benzene rings is 3. The maximum Gasteiger partial charge on any atom is 0.294 e. The Morgan fingerprint density at radius 2 is 1.81 bits per heavy atom. The van der Waals surface area contributed by atoms with Crippen LogP contribution in [0.1, 0.15) is 28.4 Å². The van der Waals surface area contributed by atoms with Crippen molar-refractivity contribution in [2.24, 2.45) is 0 Å². The van der Waals surface area contributed by atoms with Gasteiger partial charge in [-0.15, -0.1) is 0 Å². The molecule has 0 aliphatic rings. The lowest BCUT2D eigenvalue weighted by molar-refractivity contribution is -0.117. The molecular formula is C33H33FN6O3. The molecule has 43 heavy (non-hydrogen) atoms. The highest BCUT2D eigenvalue weighted by molar-refractivity contribution is 5.95. The van der Waals surface area contributed by atoms with Gasteiger partial charge in [0.25, 0.3) is 11.5 Å². The van der Waals surface area contributed by atoms with Crippen molar-refractivity contribution in [2.75, 3.05) is 26.5 Å². The van der Waals surface area contributed by atoms with Gasteiger partial charge in [-0.3, -0.25) is 19.0 Å². The molecule has 5 rings (SSSR count). The molecular weight excluding hydrogens is 547 g/mol. The molecule has 2 N–H and O–H groups in total. The van der Waals surface area contributed by atoms with Crippen molar-refractivity contribution >= 4 is 28.5 Å². The van der Waals surface area contributed by atoms with E-state index in [2.05, 4.69) is 15.6 Å². The monoisotopic (exact) mass is 580 g/mol. The second-order valence-corrected chi connectivity index (χ2v) is 10.7. The first-order valence-electron chi connectivity index (χ1n) is 13.8. The third-order valence-electron chi connectivity index (χ3n) is 7.43. The topological polar surface area (TPSA) is 101 Å². The Labute approximate surface area is 248 Å². The summed E-state index contributed by atoms with van der Waals surface area (Å²) in [5.74, 6) is -0.953. The van der Waals surface area contributed by atoms with E-state index in [0.29, 0.717) is 16.8 Å². The highest BCUT2D eigenvalue weighted by atomic mass is 19.1. The van der Waals surface area contributed by atoms with E-state index in [1.165, 1.54) is 23.2 Å². The molecule has 5 aromatic rings. The average molecular weight is 581 g/mol.